The maximum absolute atomic E-state index is 12.5. The van der Waals surface area contributed by atoms with E-state index in [0.29, 0.717) is 23.0 Å². The molecule has 0 aromatic heterocycles. The van der Waals surface area contributed by atoms with E-state index >= 15 is 0 Å². The number of hydrogen-bond donors (Lipinski definition) is 2. The molecule has 2 rings (SSSR count). The zero-order valence-corrected chi connectivity index (χ0v) is 14.7. The standard InChI is InChI=1S/C16H17ClN2O4S/c1-3-18-16(20)14-10-13(7-8-15(14)23-2)24(21,22)19-12-6-4-5-11(17)9-12/h4-10,19H,3H2,1-2H3,(H,18,20). The lowest BCUT2D eigenvalue weighted by molar-refractivity contribution is 0.0952. The summed E-state index contributed by atoms with van der Waals surface area (Å²) in [5.41, 5.74) is 0.478. The highest BCUT2D eigenvalue weighted by atomic mass is 35.5. The molecule has 0 saturated heterocycles. The Bertz CT molecular complexity index is 853. The lowest BCUT2D eigenvalue weighted by Gasteiger charge is -2.12. The van der Waals surface area contributed by atoms with Crippen molar-refractivity contribution in [2.45, 2.75) is 11.8 Å². The molecule has 24 heavy (non-hydrogen) atoms. The van der Waals surface area contributed by atoms with E-state index in [1.165, 1.54) is 31.4 Å². The summed E-state index contributed by atoms with van der Waals surface area (Å²) in [7, 11) is -2.46. The van der Waals surface area contributed by atoms with Crippen molar-refractivity contribution in [3.63, 3.8) is 0 Å². The van der Waals surface area contributed by atoms with Gasteiger partial charge in [-0.25, -0.2) is 8.42 Å². The summed E-state index contributed by atoms with van der Waals surface area (Å²) in [4.78, 5) is 12.0. The van der Waals surface area contributed by atoms with Crippen molar-refractivity contribution in [1.82, 2.24) is 5.32 Å². The lowest BCUT2D eigenvalue weighted by atomic mass is 10.2. The van der Waals surface area contributed by atoms with Crippen LogP contribution in [0.5, 0.6) is 5.75 Å². The van der Waals surface area contributed by atoms with Gasteiger partial charge in [0.25, 0.3) is 15.9 Å². The zero-order chi connectivity index (χ0) is 17.7. The fourth-order valence-corrected chi connectivity index (χ4v) is 3.32. The molecule has 0 aliphatic rings. The van der Waals surface area contributed by atoms with Gasteiger partial charge in [0.2, 0.25) is 0 Å². The second-order valence-electron chi connectivity index (χ2n) is 4.84. The van der Waals surface area contributed by atoms with Gasteiger partial charge < -0.3 is 10.1 Å². The molecule has 2 aromatic rings. The molecule has 0 radical (unpaired) electrons. The average molecular weight is 369 g/mol. The van der Waals surface area contributed by atoms with Crippen LogP contribution in [-0.4, -0.2) is 28.0 Å². The molecule has 0 atom stereocenters. The normalized spacial score (nSPS) is 11.0. The first-order chi connectivity index (χ1) is 11.4. The molecule has 0 fully saturated rings. The highest BCUT2D eigenvalue weighted by Crippen LogP contribution is 2.25. The van der Waals surface area contributed by atoms with Gasteiger partial charge in [-0.15, -0.1) is 0 Å². The van der Waals surface area contributed by atoms with Gasteiger partial charge in [-0.05, 0) is 43.3 Å². The summed E-state index contributed by atoms with van der Waals surface area (Å²) < 4.78 is 32.6. The van der Waals surface area contributed by atoms with Crippen molar-refractivity contribution < 1.29 is 17.9 Å². The monoisotopic (exact) mass is 368 g/mol. The minimum atomic E-state index is -3.87. The minimum absolute atomic E-state index is 0.0514. The first-order valence-corrected chi connectivity index (χ1v) is 8.98. The number of rotatable bonds is 6. The lowest BCUT2D eigenvalue weighted by Crippen LogP contribution is -2.24. The summed E-state index contributed by atoms with van der Waals surface area (Å²) in [5.74, 6) is -0.114. The van der Waals surface area contributed by atoms with Crippen molar-refractivity contribution in [2.75, 3.05) is 18.4 Å². The SMILES string of the molecule is CCNC(=O)c1cc(S(=O)(=O)Nc2cccc(Cl)c2)ccc1OC. The number of nitrogens with one attached hydrogen (secondary N) is 2. The number of amides is 1. The van der Waals surface area contributed by atoms with E-state index in [9.17, 15) is 13.2 Å². The van der Waals surface area contributed by atoms with E-state index in [1.54, 1.807) is 25.1 Å². The molecule has 1 amide bonds. The maximum Gasteiger partial charge on any atom is 0.261 e. The van der Waals surface area contributed by atoms with Crippen LogP contribution in [0.15, 0.2) is 47.4 Å². The Hall–Kier alpha value is -2.25. The van der Waals surface area contributed by atoms with Gasteiger partial charge >= 0.3 is 0 Å². The van der Waals surface area contributed by atoms with Crippen LogP contribution in [0.3, 0.4) is 0 Å². The number of carbonyl (C=O) groups excluding carboxylic acids is 1. The molecule has 0 aliphatic heterocycles. The first-order valence-electron chi connectivity index (χ1n) is 7.12. The number of sulfonamides is 1. The zero-order valence-electron chi connectivity index (χ0n) is 13.2. The molecule has 0 bridgehead atoms. The predicted molar refractivity (Wildman–Crippen MR) is 93.3 cm³/mol. The summed E-state index contributed by atoms with van der Waals surface area (Å²) >= 11 is 5.86. The van der Waals surface area contributed by atoms with Crippen LogP contribution >= 0.6 is 11.6 Å². The van der Waals surface area contributed by atoms with E-state index in [0.717, 1.165) is 0 Å². The minimum Gasteiger partial charge on any atom is -0.496 e. The third-order valence-corrected chi connectivity index (χ3v) is 4.75. The Labute approximate surface area is 145 Å². The third kappa shape index (κ3) is 4.18. The molecule has 0 saturated carbocycles. The number of hydrogen-bond acceptors (Lipinski definition) is 4. The van der Waals surface area contributed by atoms with Crippen molar-refractivity contribution >= 4 is 33.2 Å². The molecular weight excluding hydrogens is 352 g/mol. The Morgan fingerprint density at radius 1 is 1.21 bits per heavy atom. The van der Waals surface area contributed by atoms with Crippen LogP contribution in [0.1, 0.15) is 17.3 Å². The van der Waals surface area contributed by atoms with Crippen LogP contribution in [0.25, 0.3) is 0 Å². The molecule has 8 heteroatoms. The van der Waals surface area contributed by atoms with Crippen LogP contribution in [0.2, 0.25) is 5.02 Å². The number of carbonyl (C=O) groups is 1. The highest BCUT2D eigenvalue weighted by Gasteiger charge is 2.19. The molecule has 2 aromatic carbocycles. The van der Waals surface area contributed by atoms with Gasteiger partial charge in [0.15, 0.2) is 0 Å². The molecule has 128 valence electrons. The van der Waals surface area contributed by atoms with Gasteiger partial charge in [-0.2, -0.15) is 0 Å². The average Bonchev–Trinajstić information content (AvgIpc) is 2.54. The second kappa shape index (κ2) is 7.55. The van der Waals surface area contributed by atoms with Gasteiger partial charge in [-0.1, -0.05) is 17.7 Å². The van der Waals surface area contributed by atoms with E-state index in [2.05, 4.69) is 10.0 Å². The van der Waals surface area contributed by atoms with E-state index in [4.69, 9.17) is 16.3 Å². The van der Waals surface area contributed by atoms with Crippen molar-refractivity contribution in [2.24, 2.45) is 0 Å². The molecule has 6 nitrogen and oxygen atoms in total. The number of halogens is 1. The summed E-state index contributed by atoms with van der Waals surface area (Å²) in [6.45, 7) is 2.19. The van der Waals surface area contributed by atoms with Gasteiger partial charge in [0, 0.05) is 11.6 Å². The quantitative estimate of drug-likeness (QED) is 0.821. The van der Waals surface area contributed by atoms with Crippen LogP contribution < -0.4 is 14.8 Å². The number of ether oxygens (including phenoxy) is 1. The number of methoxy groups -OCH3 is 1. The molecule has 0 spiro atoms. The predicted octanol–water partition coefficient (Wildman–Crippen LogP) is 2.90. The van der Waals surface area contributed by atoms with Crippen LogP contribution in [0, 0.1) is 0 Å². The molecule has 2 N–H and O–H groups in total. The van der Waals surface area contributed by atoms with E-state index in [1.807, 2.05) is 0 Å². The Kier molecular flexibility index (Phi) is 5.69. The van der Waals surface area contributed by atoms with Crippen molar-refractivity contribution in [3.8, 4) is 5.75 Å². The Balaban J connectivity index is 2.39. The Morgan fingerprint density at radius 3 is 2.58 bits per heavy atom. The van der Waals surface area contributed by atoms with Crippen LogP contribution in [-0.2, 0) is 10.0 Å². The molecule has 0 heterocycles. The third-order valence-electron chi connectivity index (χ3n) is 3.14. The Morgan fingerprint density at radius 2 is 1.96 bits per heavy atom. The van der Waals surface area contributed by atoms with Gasteiger partial charge in [0.05, 0.1) is 23.3 Å². The number of benzene rings is 2. The van der Waals surface area contributed by atoms with Crippen molar-refractivity contribution in [3.05, 3.63) is 53.1 Å². The smallest absolute Gasteiger partial charge is 0.261 e. The molecule has 0 unspecified atom stereocenters. The van der Waals surface area contributed by atoms with E-state index < -0.39 is 15.9 Å². The summed E-state index contributed by atoms with van der Waals surface area (Å²) in [6.07, 6.45) is 0. The fraction of sp³-hybridized carbons (Fsp3) is 0.188. The highest BCUT2D eigenvalue weighted by molar-refractivity contribution is 7.92. The van der Waals surface area contributed by atoms with Crippen LogP contribution in [0.4, 0.5) is 5.69 Å². The molecular formula is C16H17ClN2O4S. The summed E-state index contributed by atoms with van der Waals surface area (Å²) in [5, 5.41) is 3.03. The van der Waals surface area contributed by atoms with E-state index in [-0.39, 0.29) is 10.5 Å². The van der Waals surface area contributed by atoms with Gasteiger partial charge in [-0.3, -0.25) is 9.52 Å². The largest absolute Gasteiger partial charge is 0.496 e. The van der Waals surface area contributed by atoms with Gasteiger partial charge in [0.1, 0.15) is 5.75 Å². The summed E-state index contributed by atoms with van der Waals surface area (Å²) in [6, 6.07) is 10.4. The fourth-order valence-electron chi connectivity index (χ4n) is 2.05. The maximum atomic E-state index is 12.5. The molecule has 0 aliphatic carbocycles. The first kappa shape index (κ1) is 18.1. The van der Waals surface area contributed by atoms with Crippen molar-refractivity contribution in [1.29, 1.82) is 0 Å². The second-order valence-corrected chi connectivity index (χ2v) is 6.96. The topological polar surface area (TPSA) is 84.5 Å². The number of anilines is 1.